The molecule has 0 bridgehead atoms. The SMILES string of the molecule is CC(C)(C)OC(=O)C1CCCN(C(=O)CN)C1. The number of ether oxygens (including phenoxy) is 1. The fourth-order valence-corrected chi connectivity index (χ4v) is 1.91. The van der Waals surface area contributed by atoms with Gasteiger partial charge in [-0.2, -0.15) is 0 Å². The topological polar surface area (TPSA) is 72.6 Å². The van der Waals surface area contributed by atoms with Crippen molar-refractivity contribution in [3.05, 3.63) is 0 Å². The predicted octanol–water partition coefficient (Wildman–Crippen LogP) is 0.525. The van der Waals surface area contributed by atoms with Gasteiger partial charge in [0.1, 0.15) is 5.60 Å². The number of likely N-dealkylation sites (tertiary alicyclic amines) is 1. The van der Waals surface area contributed by atoms with Gasteiger partial charge in [-0.1, -0.05) is 0 Å². The number of amides is 1. The van der Waals surface area contributed by atoms with Crippen LogP contribution in [0, 0.1) is 5.92 Å². The first-order valence-corrected chi connectivity index (χ1v) is 6.04. The molecule has 5 heteroatoms. The van der Waals surface area contributed by atoms with Gasteiger partial charge in [-0.25, -0.2) is 0 Å². The van der Waals surface area contributed by atoms with Crippen LogP contribution in [-0.4, -0.2) is 42.0 Å². The molecule has 98 valence electrons. The molecular weight excluding hydrogens is 220 g/mol. The summed E-state index contributed by atoms with van der Waals surface area (Å²) in [5.74, 6) is -0.524. The highest BCUT2D eigenvalue weighted by molar-refractivity contribution is 5.80. The van der Waals surface area contributed by atoms with Gasteiger partial charge in [0.25, 0.3) is 0 Å². The van der Waals surface area contributed by atoms with Crippen molar-refractivity contribution in [2.75, 3.05) is 19.6 Å². The molecule has 1 heterocycles. The van der Waals surface area contributed by atoms with Gasteiger partial charge in [0, 0.05) is 13.1 Å². The fraction of sp³-hybridized carbons (Fsp3) is 0.833. The zero-order valence-corrected chi connectivity index (χ0v) is 10.9. The molecule has 0 saturated carbocycles. The Morgan fingerprint density at radius 2 is 2.06 bits per heavy atom. The van der Waals surface area contributed by atoms with Crippen molar-refractivity contribution >= 4 is 11.9 Å². The Bertz CT molecular complexity index is 297. The Balaban J connectivity index is 2.55. The average molecular weight is 242 g/mol. The van der Waals surface area contributed by atoms with Crippen molar-refractivity contribution < 1.29 is 14.3 Å². The lowest BCUT2D eigenvalue weighted by Crippen LogP contribution is -2.46. The highest BCUT2D eigenvalue weighted by Gasteiger charge is 2.31. The van der Waals surface area contributed by atoms with Crippen LogP contribution in [-0.2, 0) is 14.3 Å². The number of hydrogen-bond donors (Lipinski definition) is 1. The summed E-state index contributed by atoms with van der Waals surface area (Å²) in [5.41, 5.74) is 4.84. The summed E-state index contributed by atoms with van der Waals surface area (Å²) in [5, 5.41) is 0. The smallest absolute Gasteiger partial charge is 0.311 e. The van der Waals surface area contributed by atoms with Crippen LogP contribution in [0.1, 0.15) is 33.6 Å². The molecule has 1 aliphatic rings. The van der Waals surface area contributed by atoms with Crippen LogP contribution < -0.4 is 5.73 Å². The van der Waals surface area contributed by atoms with E-state index in [1.165, 1.54) is 0 Å². The molecule has 1 aliphatic heterocycles. The molecule has 5 nitrogen and oxygen atoms in total. The zero-order chi connectivity index (χ0) is 13.1. The molecule has 0 radical (unpaired) electrons. The molecule has 2 N–H and O–H groups in total. The molecule has 1 amide bonds. The lowest BCUT2D eigenvalue weighted by Gasteiger charge is -2.33. The number of carbonyl (C=O) groups excluding carboxylic acids is 2. The molecule has 17 heavy (non-hydrogen) atoms. The molecule has 0 aromatic heterocycles. The highest BCUT2D eigenvalue weighted by Crippen LogP contribution is 2.20. The van der Waals surface area contributed by atoms with Crippen molar-refractivity contribution in [3.63, 3.8) is 0 Å². The molecule has 1 atom stereocenters. The van der Waals surface area contributed by atoms with Gasteiger partial charge in [0.2, 0.25) is 5.91 Å². The van der Waals surface area contributed by atoms with Gasteiger partial charge in [-0.15, -0.1) is 0 Å². The fourth-order valence-electron chi connectivity index (χ4n) is 1.91. The van der Waals surface area contributed by atoms with Gasteiger partial charge in [0.15, 0.2) is 0 Å². The summed E-state index contributed by atoms with van der Waals surface area (Å²) in [4.78, 5) is 25.0. The lowest BCUT2D eigenvalue weighted by molar-refractivity contribution is -0.162. The zero-order valence-electron chi connectivity index (χ0n) is 10.9. The maximum atomic E-state index is 11.9. The summed E-state index contributed by atoms with van der Waals surface area (Å²) in [6, 6.07) is 0. The monoisotopic (exact) mass is 242 g/mol. The average Bonchev–Trinajstić information content (AvgIpc) is 2.26. The van der Waals surface area contributed by atoms with Crippen molar-refractivity contribution in [1.82, 2.24) is 4.90 Å². The summed E-state index contributed by atoms with van der Waals surface area (Å²) in [6.45, 7) is 6.66. The minimum absolute atomic E-state index is 0.00103. The maximum Gasteiger partial charge on any atom is 0.311 e. The minimum Gasteiger partial charge on any atom is -0.460 e. The Morgan fingerprint density at radius 1 is 1.41 bits per heavy atom. The molecule has 1 saturated heterocycles. The first-order chi connectivity index (χ1) is 7.83. The van der Waals surface area contributed by atoms with E-state index in [1.807, 2.05) is 20.8 Å². The van der Waals surface area contributed by atoms with E-state index in [4.69, 9.17) is 10.5 Å². The number of carbonyl (C=O) groups is 2. The largest absolute Gasteiger partial charge is 0.460 e. The molecule has 0 aliphatic carbocycles. The van der Waals surface area contributed by atoms with Crippen LogP contribution in [0.15, 0.2) is 0 Å². The van der Waals surface area contributed by atoms with E-state index in [-0.39, 0.29) is 24.3 Å². The summed E-state index contributed by atoms with van der Waals surface area (Å²) >= 11 is 0. The molecule has 1 rings (SSSR count). The first-order valence-electron chi connectivity index (χ1n) is 6.04. The van der Waals surface area contributed by atoms with E-state index in [9.17, 15) is 9.59 Å². The second-order valence-corrected chi connectivity index (χ2v) is 5.42. The van der Waals surface area contributed by atoms with Gasteiger partial charge >= 0.3 is 5.97 Å². The highest BCUT2D eigenvalue weighted by atomic mass is 16.6. The summed E-state index contributed by atoms with van der Waals surface area (Å²) < 4.78 is 5.33. The third kappa shape index (κ3) is 4.34. The summed E-state index contributed by atoms with van der Waals surface area (Å²) in [7, 11) is 0. The van der Waals surface area contributed by atoms with Gasteiger partial charge in [-0.05, 0) is 33.6 Å². The Morgan fingerprint density at radius 3 is 2.59 bits per heavy atom. The molecular formula is C12H22N2O3. The van der Waals surface area contributed by atoms with E-state index >= 15 is 0 Å². The van der Waals surface area contributed by atoms with Crippen LogP contribution in [0.4, 0.5) is 0 Å². The minimum atomic E-state index is -0.475. The molecule has 1 fully saturated rings. The van der Waals surface area contributed by atoms with Crippen molar-refractivity contribution in [2.45, 2.75) is 39.2 Å². The Labute approximate surface area is 102 Å². The standard InChI is InChI=1S/C12H22N2O3/c1-12(2,3)17-11(16)9-5-4-6-14(8-9)10(15)7-13/h9H,4-8,13H2,1-3H3. The van der Waals surface area contributed by atoms with Gasteiger partial charge in [-0.3, -0.25) is 9.59 Å². The van der Waals surface area contributed by atoms with Crippen LogP contribution in [0.5, 0.6) is 0 Å². The van der Waals surface area contributed by atoms with Crippen molar-refractivity contribution in [3.8, 4) is 0 Å². The van der Waals surface area contributed by atoms with E-state index in [0.29, 0.717) is 13.1 Å². The quantitative estimate of drug-likeness (QED) is 0.717. The number of esters is 1. The van der Waals surface area contributed by atoms with E-state index in [1.54, 1.807) is 4.90 Å². The van der Waals surface area contributed by atoms with Crippen LogP contribution in [0.25, 0.3) is 0 Å². The second-order valence-electron chi connectivity index (χ2n) is 5.42. The summed E-state index contributed by atoms with van der Waals surface area (Å²) in [6.07, 6.45) is 1.61. The molecule has 0 aromatic rings. The number of rotatable bonds is 2. The van der Waals surface area contributed by atoms with E-state index in [0.717, 1.165) is 12.8 Å². The number of piperidine rings is 1. The Hall–Kier alpha value is -1.10. The third-order valence-corrected chi connectivity index (χ3v) is 2.69. The number of nitrogens with zero attached hydrogens (tertiary/aromatic N) is 1. The Kier molecular flexibility index (Phi) is 4.51. The number of nitrogens with two attached hydrogens (primary N) is 1. The maximum absolute atomic E-state index is 11.9. The number of hydrogen-bond acceptors (Lipinski definition) is 4. The molecule has 1 unspecified atom stereocenters. The first kappa shape index (κ1) is 14.0. The normalized spacial score (nSPS) is 21.2. The predicted molar refractivity (Wildman–Crippen MR) is 64.2 cm³/mol. The van der Waals surface area contributed by atoms with Crippen LogP contribution in [0.2, 0.25) is 0 Å². The van der Waals surface area contributed by atoms with Gasteiger partial charge < -0.3 is 15.4 Å². The molecule has 0 aromatic carbocycles. The van der Waals surface area contributed by atoms with Crippen molar-refractivity contribution in [1.29, 1.82) is 0 Å². The van der Waals surface area contributed by atoms with Crippen molar-refractivity contribution in [2.24, 2.45) is 11.7 Å². The van der Waals surface area contributed by atoms with Crippen LogP contribution >= 0.6 is 0 Å². The molecule has 0 spiro atoms. The third-order valence-electron chi connectivity index (χ3n) is 2.69. The van der Waals surface area contributed by atoms with Gasteiger partial charge in [0.05, 0.1) is 12.5 Å². The van der Waals surface area contributed by atoms with Crippen LogP contribution in [0.3, 0.4) is 0 Å². The van der Waals surface area contributed by atoms with E-state index in [2.05, 4.69) is 0 Å². The van der Waals surface area contributed by atoms with E-state index < -0.39 is 5.60 Å². The second kappa shape index (κ2) is 5.49. The lowest BCUT2D eigenvalue weighted by atomic mass is 9.97.